The Hall–Kier alpha value is -1.33. The van der Waals surface area contributed by atoms with Gasteiger partial charge in [-0.25, -0.2) is 5.43 Å². The lowest BCUT2D eigenvalue weighted by atomic mass is 9.91. The van der Waals surface area contributed by atoms with E-state index in [9.17, 15) is 0 Å². The van der Waals surface area contributed by atoms with Gasteiger partial charge in [0.15, 0.2) is 0 Å². The number of nitrogens with one attached hydrogen (secondary N) is 2. The molecule has 0 amide bonds. The first kappa shape index (κ1) is 10.2. The smallest absolute Gasteiger partial charge is 0.123 e. The van der Waals surface area contributed by atoms with Crippen molar-refractivity contribution in [2.24, 2.45) is 5.84 Å². The first-order valence-corrected chi connectivity index (χ1v) is 5.26. The van der Waals surface area contributed by atoms with Gasteiger partial charge >= 0.3 is 0 Å². The van der Waals surface area contributed by atoms with Crippen LogP contribution in [0.3, 0.4) is 0 Å². The molecule has 1 aliphatic carbocycles. The van der Waals surface area contributed by atoms with Gasteiger partial charge in [-0.2, -0.15) is 5.10 Å². The zero-order chi connectivity index (χ0) is 10.7. The maximum Gasteiger partial charge on any atom is 0.123 e. The number of nitrogen functional groups attached to an aromatic ring is 1. The van der Waals surface area contributed by atoms with E-state index in [4.69, 9.17) is 11.6 Å². The molecule has 0 saturated carbocycles. The molecule has 1 atom stereocenters. The number of rotatable bonds is 3. The predicted octanol–water partition coefficient (Wildman–Crippen LogP) is 0.997. The second-order valence-corrected chi connectivity index (χ2v) is 3.86. The number of H-pyrrole nitrogens is 1. The fraction of sp³-hybridized carbons (Fsp3) is 0.500. The summed E-state index contributed by atoms with van der Waals surface area (Å²) in [7, 11) is 0. The Bertz CT molecular complexity index is 354. The average Bonchev–Trinajstić information content (AvgIpc) is 2.68. The van der Waals surface area contributed by atoms with E-state index in [0.29, 0.717) is 5.82 Å². The summed E-state index contributed by atoms with van der Waals surface area (Å²) in [5.74, 6) is 6.16. The molecule has 0 aliphatic heterocycles. The van der Waals surface area contributed by atoms with Crippen molar-refractivity contribution in [2.75, 3.05) is 5.73 Å². The van der Waals surface area contributed by atoms with Gasteiger partial charge in [0.1, 0.15) is 5.82 Å². The van der Waals surface area contributed by atoms with Crippen LogP contribution in [0.4, 0.5) is 5.82 Å². The molecule has 1 aliphatic rings. The van der Waals surface area contributed by atoms with E-state index < -0.39 is 0 Å². The molecule has 1 aromatic rings. The number of aromatic nitrogens is 2. The van der Waals surface area contributed by atoms with Crippen LogP contribution in [0.25, 0.3) is 0 Å². The number of nitrogens with two attached hydrogens (primary N) is 2. The fourth-order valence-corrected chi connectivity index (χ4v) is 2.06. The molecule has 1 heterocycles. The van der Waals surface area contributed by atoms with Crippen LogP contribution in [-0.2, 0) is 0 Å². The van der Waals surface area contributed by atoms with E-state index in [1.165, 1.54) is 18.4 Å². The molecule has 2 rings (SSSR count). The highest BCUT2D eigenvalue weighted by Crippen LogP contribution is 2.30. The quantitative estimate of drug-likeness (QED) is 0.338. The summed E-state index contributed by atoms with van der Waals surface area (Å²) in [5.41, 5.74) is 10.8. The summed E-state index contributed by atoms with van der Waals surface area (Å²) in [6.45, 7) is 0. The summed E-state index contributed by atoms with van der Waals surface area (Å²) in [5, 5.41) is 6.64. The van der Waals surface area contributed by atoms with Gasteiger partial charge in [0.05, 0.1) is 12.2 Å². The van der Waals surface area contributed by atoms with E-state index in [1.807, 2.05) is 0 Å². The molecule has 1 unspecified atom stereocenters. The Balaban J connectivity index is 2.24. The van der Waals surface area contributed by atoms with Crippen LogP contribution in [-0.4, -0.2) is 10.2 Å². The molecule has 5 heteroatoms. The molecule has 6 N–H and O–H groups in total. The molecule has 0 saturated heterocycles. The third kappa shape index (κ3) is 2.03. The number of allylic oxidation sites excluding steroid dienone is 1. The largest absolute Gasteiger partial charge is 0.384 e. The van der Waals surface area contributed by atoms with Crippen LogP contribution in [0.1, 0.15) is 37.3 Å². The minimum absolute atomic E-state index is 0.00375. The van der Waals surface area contributed by atoms with Crippen molar-refractivity contribution in [3.63, 3.8) is 0 Å². The van der Waals surface area contributed by atoms with E-state index >= 15 is 0 Å². The minimum atomic E-state index is 0.00375. The van der Waals surface area contributed by atoms with Crippen LogP contribution in [0.5, 0.6) is 0 Å². The van der Waals surface area contributed by atoms with E-state index in [2.05, 4.69) is 21.7 Å². The summed E-state index contributed by atoms with van der Waals surface area (Å²) in [4.78, 5) is 0. The average molecular weight is 207 g/mol. The number of hydrazine groups is 1. The Morgan fingerprint density at radius 3 is 2.87 bits per heavy atom. The number of anilines is 1. The zero-order valence-corrected chi connectivity index (χ0v) is 8.66. The molecule has 1 aromatic heterocycles. The van der Waals surface area contributed by atoms with E-state index in [1.54, 1.807) is 6.20 Å². The van der Waals surface area contributed by atoms with Crippen molar-refractivity contribution < 1.29 is 0 Å². The summed E-state index contributed by atoms with van der Waals surface area (Å²) < 4.78 is 0. The third-order valence-corrected chi connectivity index (χ3v) is 2.87. The van der Waals surface area contributed by atoms with Gasteiger partial charge in [0, 0.05) is 5.56 Å². The topological polar surface area (TPSA) is 92.7 Å². The van der Waals surface area contributed by atoms with Gasteiger partial charge in [-0.05, 0) is 25.7 Å². The Kier molecular flexibility index (Phi) is 3.03. The highest BCUT2D eigenvalue weighted by atomic mass is 15.2. The lowest BCUT2D eigenvalue weighted by molar-refractivity contribution is 0.567. The number of hydrogen-bond acceptors (Lipinski definition) is 4. The fourth-order valence-electron chi connectivity index (χ4n) is 2.06. The van der Waals surface area contributed by atoms with Crippen LogP contribution < -0.4 is 17.0 Å². The van der Waals surface area contributed by atoms with Crippen LogP contribution in [0.2, 0.25) is 0 Å². The zero-order valence-electron chi connectivity index (χ0n) is 8.66. The van der Waals surface area contributed by atoms with Gasteiger partial charge < -0.3 is 5.73 Å². The van der Waals surface area contributed by atoms with Gasteiger partial charge in [-0.3, -0.25) is 10.9 Å². The molecule has 15 heavy (non-hydrogen) atoms. The Morgan fingerprint density at radius 2 is 2.33 bits per heavy atom. The number of nitrogens with zero attached hydrogens (tertiary/aromatic N) is 1. The Morgan fingerprint density at radius 1 is 1.47 bits per heavy atom. The lowest BCUT2D eigenvalue weighted by Gasteiger charge is -2.22. The summed E-state index contributed by atoms with van der Waals surface area (Å²) in [6, 6.07) is 0.00375. The molecule has 0 bridgehead atoms. The van der Waals surface area contributed by atoms with Crippen molar-refractivity contribution in [1.29, 1.82) is 0 Å². The van der Waals surface area contributed by atoms with Crippen molar-refractivity contribution >= 4 is 5.82 Å². The lowest BCUT2D eigenvalue weighted by Crippen LogP contribution is -2.30. The first-order valence-electron chi connectivity index (χ1n) is 5.26. The maximum absolute atomic E-state index is 5.78. The van der Waals surface area contributed by atoms with Gasteiger partial charge in [-0.15, -0.1) is 0 Å². The molecular formula is C10H17N5. The molecular weight excluding hydrogens is 190 g/mol. The Labute approximate surface area is 88.9 Å². The van der Waals surface area contributed by atoms with Crippen molar-refractivity contribution in [3.8, 4) is 0 Å². The van der Waals surface area contributed by atoms with Crippen LogP contribution in [0.15, 0.2) is 17.8 Å². The standard InChI is InChI=1S/C10H17N5/c11-10-8(6-13-15-10)9(14-12)7-4-2-1-3-5-7/h4,6,9,14H,1-3,5,12H2,(H3,11,13,15). The maximum atomic E-state index is 5.78. The van der Waals surface area contributed by atoms with E-state index in [0.717, 1.165) is 18.4 Å². The minimum Gasteiger partial charge on any atom is -0.384 e. The van der Waals surface area contributed by atoms with Crippen LogP contribution >= 0.6 is 0 Å². The predicted molar refractivity (Wildman–Crippen MR) is 59.6 cm³/mol. The molecule has 0 spiro atoms. The first-order chi connectivity index (χ1) is 7.33. The van der Waals surface area contributed by atoms with Crippen molar-refractivity contribution in [2.45, 2.75) is 31.7 Å². The monoisotopic (exact) mass is 207 g/mol. The van der Waals surface area contributed by atoms with Crippen LogP contribution in [0, 0.1) is 0 Å². The van der Waals surface area contributed by atoms with Crippen molar-refractivity contribution in [1.82, 2.24) is 15.6 Å². The molecule has 5 nitrogen and oxygen atoms in total. The second kappa shape index (κ2) is 4.46. The summed E-state index contributed by atoms with van der Waals surface area (Å²) in [6.07, 6.45) is 8.68. The number of hydrogen-bond donors (Lipinski definition) is 4. The molecule has 82 valence electrons. The molecule has 0 radical (unpaired) electrons. The highest BCUT2D eigenvalue weighted by Gasteiger charge is 2.19. The molecule has 0 fully saturated rings. The second-order valence-electron chi connectivity index (χ2n) is 3.86. The van der Waals surface area contributed by atoms with Gasteiger partial charge in [0.25, 0.3) is 0 Å². The third-order valence-electron chi connectivity index (χ3n) is 2.87. The van der Waals surface area contributed by atoms with E-state index in [-0.39, 0.29) is 6.04 Å². The van der Waals surface area contributed by atoms with Gasteiger partial charge in [0.2, 0.25) is 0 Å². The highest BCUT2D eigenvalue weighted by molar-refractivity contribution is 5.43. The number of aromatic amines is 1. The SMILES string of the molecule is NNC(C1=CCCCC1)c1cn[nH]c1N. The normalized spacial score (nSPS) is 18.6. The summed E-state index contributed by atoms with van der Waals surface area (Å²) >= 11 is 0. The molecule has 0 aromatic carbocycles. The van der Waals surface area contributed by atoms with Gasteiger partial charge in [-0.1, -0.05) is 11.6 Å². The van der Waals surface area contributed by atoms with Crippen molar-refractivity contribution in [3.05, 3.63) is 23.4 Å².